The highest BCUT2D eigenvalue weighted by Gasteiger charge is 2.45. The van der Waals surface area contributed by atoms with E-state index < -0.39 is 11.9 Å². The maximum Gasteiger partial charge on any atom is 0.303 e. The highest BCUT2D eigenvalue weighted by molar-refractivity contribution is 8.06. The quantitative estimate of drug-likeness (QED) is 0.192. The average Bonchev–Trinajstić information content (AvgIpc) is 3.53. The third-order valence-electron chi connectivity index (χ3n) is 8.98. The summed E-state index contributed by atoms with van der Waals surface area (Å²) in [6.45, 7) is 11.4. The van der Waals surface area contributed by atoms with Crippen molar-refractivity contribution in [3.05, 3.63) is 80.2 Å². The Morgan fingerprint density at radius 1 is 0.932 bits per heavy atom. The molecule has 232 valence electrons. The van der Waals surface area contributed by atoms with Crippen LogP contribution in [-0.2, 0) is 38.4 Å². The van der Waals surface area contributed by atoms with Gasteiger partial charge in [-0.25, -0.2) is 0 Å². The van der Waals surface area contributed by atoms with Crippen LogP contribution in [0.3, 0.4) is 0 Å². The number of rotatable bonds is 12. The molecular formula is C33H38N4O6S. The lowest BCUT2D eigenvalue weighted by Crippen LogP contribution is -2.17. The third-order valence-corrected chi connectivity index (χ3v) is 9.99. The normalized spacial score (nSPS) is 23.0. The van der Waals surface area contributed by atoms with E-state index in [2.05, 4.69) is 27.2 Å². The van der Waals surface area contributed by atoms with Crippen molar-refractivity contribution in [3.63, 3.8) is 0 Å². The number of hydrogen-bond acceptors (Lipinski definition) is 5. The summed E-state index contributed by atoms with van der Waals surface area (Å²) in [5.41, 5.74) is 9.61. The monoisotopic (exact) mass is 618 g/mol. The molecule has 44 heavy (non-hydrogen) atoms. The third kappa shape index (κ3) is 6.19. The van der Waals surface area contributed by atoms with Crippen LogP contribution in [0.2, 0.25) is 0 Å². The second kappa shape index (κ2) is 12.4. The van der Waals surface area contributed by atoms with Gasteiger partial charge in [0.1, 0.15) is 0 Å². The van der Waals surface area contributed by atoms with Gasteiger partial charge in [0.05, 0.1) is 0 Å². The number of carboxylic acids is 2. The molecule has 0 unspecified atom stereocenters. The van der Waals surface area contributed by atoms with Gasteiger partial charge in [-0.05, 0) is 73.6 Å². The first-order valence-electron chi connectivity index (χ1n) is 14.7. The molecule has 10 nitrogen and oxygen atoms in total. The summed E-state index contributed by atoms with van der Waals surface area (Å²) >= 11 is 1.85. The van der Waals surface area contributed by atoms with E-state index in [0.29, 0.717) is 35.8 Å². The van der Waals surface area contributed by atoms with Crippen molar-refractivity contribution in [1.29, 1.82) is 0 Å². The van der Waals surface area contributed by atoms with Crippen LogP contribution >= 0.6 is 11.8 Å². The molecule has 6 N–H and O–H groups in total. The van der Waals surface area contributed by atoms with Gasteiger partial charge in [-0.15, -0.1) is 0 Å². The van der Waals surface area contributed by atoms with Crippen molar-refractivity contribution in [2.75, 3.05) is 5.75 Å². The van der Waals surface area contributed by atoms with Crippen molar-refractivity contribution >= 4 is 47.7 Å². The van der Waals surface area contributed by atoms with Crippen LogP contribution in [0.5, 0.6) is 0 Å². The van der Waals surface area contributed by atoms with E-state index >= 15 is 0 Å². The molecule has 5 heterocycles. The van der Waals surface area contributed by atoms with Crippen LogP contribution < -0.4 is 10.6 Å². The molecule has 3 atom stereocenters. The van der Waals surface area contributed by atoms with E-state index in [-0.39, 0.29) is 36.5 Å². The molecule has 0 bridgehead atoms. The summed E-state index contributed by atoms with van der Waals surface area (Å²) in [5.74, 6) is -0.984. The summed E-state index contributed by atoms with van der Waals surface area (Å²) in [7, 11) is 0. The summed E-state index contributed by atoms with van der Waals surface area (Å²) in [5, 5.41) is 25.3. The summed E-state index contributed by atoms with van der Waals surface area (Å²) < 4.78 is 0. The fourth-order valence-corrected chi connectivity index (χ4v) is 7.24. The zero-order valence-electron chi connectivity index (χ0n) is 25.3. The lowest BCUT2D eigenvalue weighted by molar-refractivity contribution is -0.138. The summed E-state index contributed by atoms with van der Waals surface area (Å²) in [6.07, 6.45) is 6.30. The lowest BCUT2D eigenvalue weighted by Gasteiger charge is -2.12. The van der Waals surface area contributed by atoms with Crippen LogP contribution in [0.4, 0.5) is 0 Å². The van der Waals surface area contributed by atoms with Crippen molar-refractivity contribution in [3.8, 4) is 0 Å². The number of carbonyl (C=O) groups excluding carboxylic acids is 2. The van der Waals surface area contributed by atoms with Crippen molar-refractivity contribution in [2.45, 2.75) is 65.0 Å². The highest BCUT2D eigenvalue weighted by atomic mass is 32.2. The van der Waals surface area contributed by atoms with E-state index in [4.69, 9.17) is 0 Å². The first-order chi connectivity index (χ1) is 20.9. The number of aliphatic carboxylic acids is 2. The molecule has 0 saturated carbocycles. The van der Waals surface area contributed by atoms with E-state index in [1.165, 1.54) is 6.08 Å². The minimum Gasteiger partial charge on any atom is -0.481 e. The van der Waals surface area contributed by atoms with E-state index in [1.807, 2.05) is 51.6 Å². The number of hydrogen-bond donors (Lipinski definition) is 6. The highest BCUT2D eigenvalue weighted by Crippen LogP contribution is 2.46. The van der Waals surface area contributed by atoms with E-state index in [9.17, 15) is 29.4 Å². The minimum absolute atomic E-state index is 0.0135. The van der Waals surface area contributed by atoms with Crippen molar-refractivity contribution in [2.24, 2.45) is 11.8 Å². The molecule has 0 aromatic carbocycles. The van der Waals surface area contributed by atoms with E-state index in [0.717, 1.165) is 62.1 Å². The first-order valence-corrected chi connectivity index (χ1v) is 15.8. The number of amides is 2. The molecule has 3 aliphatic heterocycles. The van der Waals surface area contributed by atoms with Gasteiger partial charge >= 0.3 is 11.9 Å². The fourth-order valence-electron chi connectivity index (χ4n) is 6.33. The van der Waals surface area contributed by atoms with Gasteiger partial charge in [-0.2, -0.15) is 11.8 Å². The maximum absolute atomic E-state index is 12.6. The van der Waals surface area contributed by atoms with Crippen LogP contribution in [0, 0.1) is 25.7 Å². The molecule has 5 rings (SSSR count). The number of nitrogens with one attached hydrogen (secondary N) is 4. The largest absolute Gasteiger partial charge is 0.481 e. The Morgan fingerprint density at radius 2 is 1.48 bits per heavy atom. The zero-order chi connectivity index (χ0) is 31.9. The number of H-pyrrole nitrogens is 2. The number of aromatic amines is 2. The molecule has 0 radical (unpaired) electrons. The molecule has 0 spiro atoms. The topological polar surface area (TPSA) is 164 Å². The Bertz CT molecular complexity index is 1670. The number of carboxylic acid groups (broad SMARTS) is 2. The van der Waals surface area contributed by atoms with Gasteiger partial charge < -0.3 is 30.8 Å². The molecular weight excluding hydrogens is 580 g/mol. The second-order valence-electron chi connectivity index (χ2n) is 11.7. The molecule has 2 amide bonds. The van der Waals surface area contributed by atoms with Gasteiger partial charge in [0, 0.05) is 81.8 Å². The number of thioether (sulfide) groups is 1. The number of aromatic nitrogens is 2. The van der Waals surface area contributed by atoms with Crippen molar-refractivity contribution in [1.82, 2.24) is 20.6 Å². The zero-order valence-corrected chi connectivity index (χ0v) is 26.2. The van der Waals surface area contributed by atoms with Gasteiger partial charge in [-0.3, -0.25) is 19.2 Å². The molecule has 2 saturated heterocycles. The summed E-state index contributed by atoms with van der Waals surface area (Å²) in [4.78, 5) is 55.0. The van der Waals surface area contributed by atoms with Gasteiger partial charge in [0.25, 0.3) is 5.91 Å². The summed E-state index contributed by atoms with van der Waals surface area (Å²) in [6, 6.07) is 0. The molecule has 3 aliphatic rings. The predicted molar refractivity (Wildman–Crippen MR) is 170 cm³/mol. The fraction of sp³-hybridized carbons (Fsp3) is 0.394. The predicted octanol–water partition coefficient (Wildman–Crippen LogP) is 4.40. The Morgan fingerprint density at radius 3 is 1.95 bits per heavy atom. The number of allylic oxidation sites excluding steroid dienone is 2. The Labute approximate surface area is 260 Å². The van der Waals surface area contributed by atoms with Crippen LogP contribution in [0.15, 0.2) is 35.2 Å². The van der Waals surface area contributed by atoms with Crippen molar-refractivity contribution < 1.29 is 29.4 Å². The van der Waals surface area contributed by atoms with Gasteiger partial charge in [0.15, 0.2) is 0 Å². The SMILES string of the molecule is C=CC1=C(C)/C(=C/c2[nH]c(Cc3[nH]c(/C=C4\NC(=O)[C@@H](C)[C@@H]4[C@@H]4CS4)c(C)c3CCC(=O)O)c(CCC(=O)O)c2C)NC1=O. The molecule has 2 aromatic rings. The maximum atomic E-state index is 12.6. The molecule has 2 fully saturated rings. The second-order valence-corrected chi connectivity index (χ2v) is 13.0. The smallest absolute Gasteiger partial charge is 0.303 e. The molecule has 2 aromatic heterocycles. The van der Waals surface area contributed by atoms with Crippen LogP contribution in [-0.4, -0.2) is 54.9 Å². The Hall–Kier alpha value is -4.25. The van der Waals surface area contributed by atoms with Gasteiger partial charge in [0.2, 0.25) is 5.91 Å². The van der Waals surface area contributed by atoms with Crippen LogP contribution in [0.1, 0.15) is 71.7 Å². The average molecular weight is 619 g/mol. The lowest BCUT2D eigenvalue weighted by atomic mass is 9.91. The standard InChI is InChI=1S/C33H38N4O6S/c1-6-19-15(2)24(36-33(19)43)11-22-16(3)20(7-9-29(38)39)25(34-22)13-26-21(8-10-30(40)41)17(4)23(35-26)12-27-31(28-14-44-28)18(5)32(42)37-27/h6,11-12,18,28,31,34-35H,1,7-10,13-14H2,2-5H3,(H,36,43)(H,37,42)(H,38,39)(H,40,41)/b24-11-,27-12-/t18-,28-,31-/m0/s1. The Balaban J connectivity index is 1.55. The molecule has 11 heteroatoms. The molecule has 0 aliphatic carbocycles. The minimum atomic E-state index is -0.906. The Kier molecular flexibility index (Phi) is 8.78. The first kappa shape index (κ1) is 31.2. The van der Waals surface area contributed by atoms with Crippen LogP contribution in [0.25, 0.3) is 12.2 Å². The van der Waals surface area contributed by atoms with E-state index in [1.54, 1.807) is 0 Å². The number of carbonyl (C=O) groups is 4. The van der Waals surface area contributed by atoms with Gasteiger partial charge in [-0.1, -0.05) is 19.6 Å².